The quantitative estimate of drug-likeness (QED) is 0.906. The van der Waals surface area contributed by atoms with Gasteiger partial charge in [0, 0.05) is 36.3 Å². The number of hydrogen-bond donors (Lipinski definition) is 1. The number of thiophene rings is 1. The molecule has 1 aliphatic rings. The van der Waals surface area contributed by atoms with Crippen LogP contribution < -0.4 is 5.73 Å². The fraction of sp³-hybridized carbons (Fsp3) is 0.688. The molecule has 0 spiro atoms. The molecule has 1 heterocycles. The summed E-state index contributed by atoms with van der Waals surface area (Å²) in [6, 6.07) is 4.42. The van der Waals surface area contributed by atoms with E-state index in [4.69, 9.17) is 5.73 Å². The largest absolute Gasteiger partial charge is 0.343 e. The standard InChI is InChI=1S/C16H26N2OS/c1-13(11-14-7-6-10-20-14)18(2)15(19)12-16(17)8-4-3-5-9-16/h6-7,10,13H,3-5,8-9,11-12,17H2,1-2H3. The van der Waals surface area contributed by atoms with Gasteiger partial charge < -0.3 is 10.6 Å². The van der Waals surface area contributed by atoms with Gasteiger partial charge in [0.15, 0.2) is 0 Å². The van der Waals surface area contributed by atoms with Crippen LogP contribution in [0.3, 0.4) is 0 Å². The lowest BCUT2D eigenvalue weighted by molar-refractivity contribution is -0.133. The zero-order chi connectivity index (χ0) is 14.6. The van der Waals surface area contributed by atoms with Crippen LogP contribution in [0.2, 0.25) is 0 Å². The summed E-state index contributed by atoms with van der Waals surface area (Å²) in [6.07, 6.45) is 7.00. The van der Waals surface area contributed by atoms with E-state index in [1.54, 1.807) is 11.3 Å². The summed E-state index contributed by atoms with van der Waals surface area (Å²) in [4.78, 5) is 15.6. The van der Waals surface area contributed by atoms with Crippen LogP contribution in [0.1, 0.15) is 50.3 Å². The maximum Gasteiger partial charge on any atom is 0.224 e. The number of nitrogens with zero attached hydrogens (tertiary/aromatic N) is 1. The van der Waals surface area contributed by atoms with E-state index < -0.39 is 0 Å². The van der Waals surface area contributed by atoms with Crippen molar-refractivity contribution in [2.24, 2.45) is 5.73 Å². The Morgan fingerprint density at radius 3 is 2.75 bits per heavy atom. The van der Waals surface area contributed by atoms with E-state index in [0.717, 1.165) is 32.1 Å². The molecule has 20 heavy (non-hydrogen) atoms. The van der Waals surface area contributed by atoms with Crippen LogP contribution in [0.4, 0.5) is 0 Å². The SMILES string of the molecule is CC(Cc1cccs1)N(C)C(=O)CC1(N)CCCCC1. The molecule has 1 fully saturated rings. The maximum absolute atomic E-state index is 12.4. The molecular weight excluding hydrogens is 268 g/mol. The Morgan fingerprint density at radius 2 is 2.15 bits per heavy atom. The Kier molecular flexibility index (Phi) is 5.22. The van der Waals surface area contributed by atoms with Gasteiger partial charge >= 0.3 is 0 Å². The summed E-state index contributed by atoms with van der Waals surface area (Å²) in [5, 5.41) is 2.08. The van der Waals surface area contributed by atoms with Gasteiger partial charge in [0.05, 0.1) is 0 Å². The van der Waals surface area contributed by atoms with Crippen LogP contribution in [-0.2, 0) is 11.2 Å². The second-order valence-corrected chi connectivity index (χ2v) is 7.27. The van der Waals surface area contributed by atoms with Crippen molar-refractivity contribution in [2.75, 3.05) is 7.05 Å². The molecule has 0 radical (unpaired) electrons. The molecule has 2 rings (SSSR count). The Balaban J connectivity index is 1.87. The first kappa shape index (κ1) is 15.5. The van der Waals surface area contributed by atoms with E-state index in [-0.39, 0.29) is 17.5 Å². The third-order valence-corrected chi connectivity index (χ3v) is 5.38. The molecule has 0 bridgehead atoms. The smallest absolute Gasteiger partial charge is 0.224 e. The molecule has 1 atom stereocenters. The van der Waals surface area contributed by atoms with Gasteiger partial charge in [0.1, 0.15) is 0 Å². The minimum atomic E-state index is -0.258. The summed E-state index contributed by atoms with van der Waals surface area (Å²) >= 11 is 1.75. The monoisotopic (exact) mass is 294 g/mol. The summed E-state index contributed by atoms with van der Waals surface area (Å²) in [5.41, 5.74) is 6.13. The molecule has 0 saturated heterocycles. The zero-order valence-electron chi connectivity index (χ0n) is 12.6. The predicted octanol–water partition coefficient (Wildman–Crippen LogP) is 3.19. The van der Waals surface area contributed by atoms with Crippen LogP contribution in [0.5, 0.6) is 0 Å². The number of carbonyl (C=O) groups is 1. The van der Waals surface area contributed by atoms with Gasteiger partial charge in [0.2, 0.25) is 5.91 Å². The fourth-order valence-electron chi connectivity index (χ4n) is 2.96. The Hall–Kier alpha value is -0.870. The first-order valence-electron chi connectivity index (χ1n) is 7.57. The van der Waals surface area contributed by atoms with Crippen LogP contribution in [0.25, 0.3) is 0 Å². The molecule has 112 valence electrons. The Morgan fingerprint density at radius 1 is 1.45 bits per heavy atom. The van der Waals surface area contributed by atoms with Crippen LogP contribution in [0.15, 0.2) is 17.5 Å². The third-order valence-electron chi connectivity index (χ3n) is 4.48. The van der Waals surface area contributed by atoms with Gasteiger partial charge in [-0.3, -0.25) is 4.79 Å². The van der Waals surface area contributed by atoms with Crippen molar-refractivity contribution in [3.05, 3.63) is 22.4 Å². The van der Waals surface area contributed by atoms with Gasteiger partial charge in [-0.25, -0.2) is 0 Å². The normalized spacial score (nSPS) is 19.6. The molecular formula is C16H26N2OS. The van der Waals surface area contributed by atoms with Crippen molar-refractivity contribution in [2.45, 2.75) is 63.5 Å². The second kappa shape index (κ2) is 6.72. The zero-order valence-corrected chi connectivity index (χ0v) is 13.4. The lowest BCUT2D eigenvalue weighted by Gasteiger charge is -2.35. The first-order chi connectivity index (χ1) is 9.50. The van der Waals surface area contributed by atoms with Gasteiger partial charge in [-0.1, -0.05) is 25.3 Å². The highest BCUT2D eigenvalue weighted by atomic mass is 32.1. The minimum absolute atomic E-state index is 0.193. The molecule has 1 aliphatic carbocycles. The van der Waals surface area contributed by atoms with Crippen molar-refractivity contribution in [1.29, 1.82) is 0 Å². The summed E-state index contributed by atoms with van der Waals surface area (Å²) in [7, 11) is 1.91. The fourth-order valence-corrected chi connectivity index (χ4v) is 3.79. The number of hydrogen-bond acceptors (Lipinski definition) is 3. The number of rotatable bonds is 5. The molecule has 1 aromatic heterocycles. The van der Waals surface area contributed by atoms with Crippen molar-refractivity contribution < 1.29 is 4.79 Å². The molecule has 1 saturated carbocycles. The van der Waals surface area contributed by atoms with Crippen molar-refractivity contribution in [3.63, 3.8) is 0 Å². The lowest BCUT2D eigenvalue weighted by atomic mass is 9.80. The molecule has 0 aliphatic heterocycles. The maximum atomic E-state index is 12.4. The Labute approximate surface area is 126 Å². The van der Waals surface area contributed by atoms with Crippen molar-refractivity contribution in [3.8, 4) is 0 Å². The van der Waals surface area contributed by atoms with E-state index >= 15 is 0 Å². The van der Waals surface area contributed by atoms with Gasteiger partial charge in [-0.2, -0.15) is 0 Å². The third kappa shape index (κ3) is 4.06. The predicted molar refractivity (Wildman–Crippen MR) is 84.9 cm³/mol. The number of carbonyl (C=O) groups excluding carboxylic acids is 1. The van der Waals surface area contributed by atoms with E-state index in [9.17, 15) is 4.79 Å². The number of nitrogens with two attached hydrogens (primary N) is 1. The molecule has 4 heteroatoms. The van der Waals surface area contributed by atoms with Crippen LogP contribution >= 0.6 is 11.3 Å². The van der Waals surface area contributed by atoms with E-state index in [2.05, 4.69) is 24.4 Å². The Bertz CT molecular complexity index is 424. The van der Waals surface area contributed by atoms with Crippen molar-refractivity contribution >= 4 is 17.2 Å². The molecule has 3 nitrogen and oxygen atoms in total. The highest BCUT2D eigenvalue weighted by Crippen LogP contribution is 2.29. The first-order valence-corrected chi connectivity index (χ1v) is 8.45. The molecule has 1 unspecified atom stereocenters. The molecule has 1 aromatic rings. The van der Waals surface area contributed by atoms with E-state index in [0.29, 0.717) is 6.42 Å². The number of amides is 1. The van der Waals surface area contributed by atoms with E-state index in [1.165, 1.54) is 11.3 Å². The second-order valence-electron chi connectivity index (χ2n) is 6.24. The van der Waals surface area contributed by atoms with Crippen LogP contribution in [-0.4, -0.2) is 29.4 Å². The van der Waals surface area contributed by atoms with Crippen LogP contribution in [0, 0.1) is 0 Å². The summed E-state index contributed by atoms with van der Waals surface area (Å²) < 4.78 is 0. The molecule has 0 aromatic carbocycles. The molecule has 1 amide bonds. The van der Waals surface area contributed by atoms with Crippen molar-refractivity contribution in [1.82, 2.24) is 4.90 Å². The summed E-state index contributed by atoms with van der Waals surface area (Å²) in [5.74, 6) is 0.193. The van der Waals surface area contributed by atoms with E-state index in [1.807, 2.05) is 11.9 Å². The van der Waals surface area contributed by atoms with Gasteiger partial charge in [-0.15, -0.1) is 11.3 Å². The molecule has 2 N–H and O–H groups in total. The highest BCUT2D eigenvalue weighted by Gasteiger charge is 2.31. The highest BCUT2D eigenvalue weighted by molar-refractivity contribution is 7.09. The van der Waals surface area contributed by atoms with Gasteiger partial charge in [-0.05, 0) is 31.2 Å². The lowest BCUT2D eigenvalue weighted by Crippen LogP contribution is -2.48. The number of likely N-dealkylation sites (N-methyl/N-ethyl adjacent to an activating group) is 1. The van der Waals surface area contributed by atoms with Gasteiger partial charge in [0.25, 0.3) is 0 Å². The average molecular weight is 294 g/mol. The minimum Gasteiger partial charge on any atom is -0.343 e. The topological polar surface area (TPSA) is 46.3 Å². The average Bonchev–Trinajstić information content (AvgIpc) is 2.91. The summed E-state index contributed by atoms with van der Waals surface area (Å²) in [6.45, 7) is 2.11.